The Morgan fingerprint density at radius 3 is 2.18 bits per heavy atom. The monoisotopic (exact) mass is 511 g/mol. The summed E-state index contributed by atoms with van der Waals surface area (Å²) in [4.78, 5) is 22.9. The predicted molar refractivity (Wildman–Crippen MR) is 156 cm³/mol. The minimum Gasteiger partial charge on any atom is -0.466 e. The maximum atomic E-state index is 11.3. The number of hydrogen-bond acceptors (Lipinski definition) is 5. The van der Waals surface area contributed by atoms with Gasteiger partial charge in [-0.25, -0.2) is 0 Å². The second-order valence-electron chi connectivity index (χ2n) is 7.34. The molecule has 1 N–H and O–H groups in total. The molecule has 0 bridgehead atoms. The molecule has 0 aliphatic carbocycles. The molecule has 0 radical (unpaired) electrons. The molecule has 196 valence electrons. The van der Waals surface area contributed by atoms with Crippen molar-refractivity contribution in [2.75, 3.05) is 25.1 Å². The third-order valence-corrected chi connectivity index (χ3v) is 5.64. The molecule has 1 aromatic rings. The van der Waals surface area contributed by atoms with E-state index in [0.717, 1.165) is 37.7 Å². The zero-order chi connectivity index (χ0) is 26.6. The first kappa shape index (κ1) is 37.1. The lowest BCUT2D eigenvalue weighted by molar-refractivity contribution is -0.142. The summed E-state index contributed by atoms with van der Waals surface area (Å²) in [5, 5.41) is 3.17. The van der Waals surface area contributed by atoms with Gasteiger partial charge in [0, 0.05) is 23.5 Å². The van der Waals surface area contributed by atoms with Crippen LogP contribution in [0.2, 0.25) is 0 Å². The van der Waals surface area contributed by atoms with Crippen molar-refractivity contribution in [2.45, 2.75) is 85.1 Å². The third-order valence-electron chi connectivity index (χ3n) is 4.15. The molecule has 0 saturated carbocycles. The molecule has 0 spiro atoms. The van der Waals surface area contributed by atoms with E-state index in [1.54, 1.807) is 19.9 Å². The zero-order valence-electron chi connectivity index (χ0n) is 22.7. The van der Waals surface area contributed by atoms with Gasteiger partial charge in [0.05, 0.1) is 12.6 Å². The lowest BCUT2D eigenvalue weighted by Gasteiger charge is -2.10. The van der Waals surface area contributed by atoms with Gasteiger partial charge in [0.25, 0.3) is 0 Å². The molecular weight excluding hydrogens is 461 g/mol. The Balaban J connectivity index is -0.000000413. The lowest BCUT2D eigenvalue weighted by atomic mass is 10.1. The first-order valence-corrected chi connectivity index (χ1v) is 14.1. The second-order valence-corrected chi connectivity index (χ2v) is 8.96. The number of unbranched alkanes of at least 4 members (excludes halogenated alkanes) is 1. The molecular formula is C28H50NO3PS. The smallest absolute Gasteiger partial charge is 0.305 e. The molecule has 0 heterocycles. The molecule has 34 heavy (non-hydrogen) atoms. The van der Waals surface area contributed by atoms with E-state index in [0.29, 0.717) is 18.8 Å². The van der Waals surface area contributed by atoms with Gasteiger partial charge in [0.2, 0.25) is 0 Å². The summed E-state index contributed by atoms with van der Waals surface area (Å²) in [5.74, 6) is 1.32. The molecule has 2 unspecified atom stereocenters. The summed E-state index contributed by atoms with van der Waals surface area (Å²) in [5.41, 5.74) is 1.43. The van der Waals surface area contributed by atoms with Gasteiger partial charge in [-0.15, -0.1) is 27.6 Å². The van der Waals surface area contributed by atoms with Crippen molar-refractivity contribution in [3.05, 3.63) is 54.6 Å². The van der Waals surface area contributed by atoms with E-state index in [9.17, 15) is 9.59 Å². The maximum absolute atomic E-state index is 11.3. The number of carbonyl (C=O) groups is 2. The topological polar surface area (TPSA) is 55.4 Å². The number of Topliss-reactive ketones (excluding diaryl/α,β-unsaturated/α-hetero) is 1. The van der Waals surface area contributed by atoms with Gasteiger partial charge < -0.3 is 10.1 Å². The molecule has 2 atom stereocenters. The Hall–Kier alpha value is -1.42. The SMILES string of the molecule is C/C=C(\C)CSc1ccccc1.C=CC.CCCCC(=O)C(C)NCCP.CCOC(=O)CC. The second kappa shape index (κ2) is 29.6. The molecule has 0 saturated heterocycles. The number of carbonyl (C=O) groups excluding carboxylic acids is 2. The van der Waals surface area contributed by atoms with Crippen molar-refractivity contribution < 1.29 is 14.3 Å². The van der Waals surface area contributed by atoms with Crippen LogP contribution in [-0.2, 0) is 14.3 Å². The lowest BCUT2D eigenvalue weighted by Crippen LogP contribution is -2.34. The highest BCUT2D eigenvalue weighted by Gasteiger charge is 2.09. The molecule has 0 fully saturated rings. The van der Waals surface area contributed by atoms with Crippen molar-refractivity contribution in [3.8, 4) is 0 Å². The standard InChI is InChI=1S/C11H14S.C9H20NOP.C5H10O2.C3H6/c1-3-10(2)9-12-11-7-5-4-6-8-11;1-3-4-5-9(11)8(2)10-6-7-12;1-3-5(6)7-4-2;1-3-2/h3-8H,9H2,1-2H3;8,10H,3-7,12H2,1-2H3;3-4H2,1-2H3;3H,1H2,2H3/b10-3+;;;. The Morgan fingerprint density at radius 2 is 1.76 bits per heavy atom. The van der Waals surface area contributed by atoms with E-state index in [4.69, 9.17) is 0 Å². The molecule has 4 nitrogen and oxygen atoms in total. The number of hydrogen-bond donors (Lipinski definition) is 1. The number of nitrogens with one attached hydrogen (secondary N) is 1. The highest BCUT2D eigenvalue weighted by molar-refractivity contribution is 7.99. The maximum Gasteiger partial charge on any atom is 0.305 e. The summed E-state index contributed by atoms with van der Waals surface area (Å²) in [6.07, 6.45) is 8.24. The van der Waals surface area contributed by atoms with E-state index in [1.165, 1.54) is 10.5 Å². The van der Waals surface area contributed by atoms with Gasteiger partial charge in [0.1, 0.15) is 5.78 Å². The van der Waals surface area contributed by atoms with E-state index in [-0.39, 0.29) is 12.0 Å². The molecule has 0 aliphatic rings. The van der Waals surface area contributed by atoms with E-state index < -0.39 is 0 Å². The van der Waals surface area contributed by atoms with Crippen molar-refractivity contribution in [1.29, 1.82) is 0 Å². The summed E-state index contributed by atoms with van der Waals surface area (Å²) in [6.45, 7) is 18.5. The third kappa shape index (κ3) is 28.6. The number of ketones is 1. The minimum absolute atomic E-state index is 0.0390. The highest BCUT2D eigenvalue weighted by Crippen LogP contribution is 2.19. The van der Waals surface area contributed by atoms with Crippen molar-refractivity contribution in [2.24, 2.45) is 0 Å². The van der Waals surface area contributed by atoms with Crippen LogP contribution in [0, 0.1) is 0 Å². The molecule has 6 heteroatoms. The average Bonchev–Trinajstić information content (AvgIpc) is 2.86. The number of ether oxygens (including phenoxy) is 1. The fourth-order valence-electron chi connectivity index (χ4n) is 2.04. The van der Waals surface area contributed by atoms with Crippen molar-refractivity contribution >= 4 is 32.8 Å². The van der Waals surface area contributed by atoms with Crippen LogP contribution in [0.15, 0.2) is 59.5 Å². The quantitative estimate of drug-likeness (QED) is 0.136. The molecule has 1 rings (SSSR count). The number of rotatable bonds is 12. The van der Waals surface area contributed by atoms with Crippen LogP contribution < -0.4 is 5.32 Å². The Bertz CT molecular complexity index is 636. The predicted octanol–water partition coefficient (Wildman–Crippen LogP) is 7.50. The van der Waals surface area contributed by atoms with Crippen LogP contribution in [0.1, 0.15) is 74.1 Å². The summed E-state index contributed by atoms with van der Waals surface area (Å²) in [7, 11) is 2.64. The van der Waals surface area contributed by atoms with Gasteiger partial charge in [-0.05, 0) is 65.9 Å². The average molecular weight is 512 g/mol. The van der Waals surface area contributed by atoms with Crippen LogP contribution in [0.5, 0.6) is 0 Å². The van der Waals surface area contributed by atoms with Crippen molar-refractivity contribution in [1.82, 2.24) is 5.32 Å². The first-order chi connectivity index (χ1) is 16.3. The van der Waals surface area contributed by atoms with Gasteiger partial charge in [-0.2, -0.15) is 0 Å². The van der Waals surface area contributed by atoms with E-state index in [2.05, 4.69) is 77.0 Å². The summed E-state index contributed by atoms with van der Waals surface area (Å²) in [6, 6.07) is 10.5. The van der Waals surface area contributed by atoms with Crippen molar-refractivity contribution in [3.63, 3.8) is 0 Å². The number of allylic oxidation sites excluding steroid dienone is 2. The normalized spacial score (nSPS) is 10.8. The molecule has 0 aliphatic heterocycles. The molecule has 1 aromatic carbocycles. The fourth-order valence-corrected chi connectivity index (χ4v) is 3.12. The number of esters is 1. The van der Waals surface area contributed by atoms with Crippen LogP contribution >= 0.6 is 21.0 Å². The van der Waals surface area contributed by atoms with Gasteiger partial charge in [-0.3, -0.25) is 9.59 Å². The Labute approximate surface area is 217 Å². The van der Waals surface area contributed by atoms with Crippen LogP contribution in [-0.4, -0.2) is 42.9 Å². The number of thioether (sulfide) groups is 1. The number of benzene rings is 1. The van der Waals surface area contributed by atoms with Gasteiger partial charge in [-0.1, -0.05) is 56.2 Å². The molecule has 0 aromatic heterocycles. The van der Waals surface area contributed by atoms with E-state index in [1.807, 2.05) is 31.7 Å². The van der Waals surface area contributed by atoms with Crippen LogP contribution in [0.3, 0.4) is 0 Å². The van der Waals surface area contributed by atoms with Gasteiger partial charge in [0.15, 0.2) is 0 Å². The van der Waals surface area contributed by atoms with Crippen LogP contribution in [0.4, 0.5) is 0 Å². The Morgan fingerprint density at radius 1 is 1.18 bits per heavy atom. The van der Waals surface area contributed by atoms with Gasteiger partial charge >= 0.3 is 5.97 Å². The molecule has 0 amide bonds. The fraction of sp³-hybridized carbons (Fsp3) is 0.571. The largest absolute Gasteiger partial charge is 0.466 e. The zero-order valence-corrected chi connectivity index (χ0v) is 24.7. The van der Waals surface area contributed by atoms with Crippen LogP contribution in [0.25, 0.3) is 0 Å². The minimum atomic E-state index is -0.123. The summed E-state index contributed by atoms with van der Waals surface area (Å²) >= 11 is 1.88. The first-order valence-electron chi connectivity index (χ1n) is 12.3. The van der Waals surface area contributed by atoms with E-state index >= 15 is 0 Å². The Kier molecular flexibility index (Phi) is 32.3. The summed E-state index contributed by atoms with van der Waals surface area (Å²) < 4.78 is 4.55. The highest BCUT2D eigenvalue weighted by atomic mass is 32.2.